The van der Waals surface area contributed by atoms with Gasteiger partial charge in [0.05, 0.1) is 6.54 Å². The number of nitrogens with one attached hydrogen (secondary N) is 1. The Hall–Kier alpha value is -1.94. The summed E-state index contributed by atoms with van der Waals surface area (Å²) in [5.41, 5.74) is -1.75. The average molecular weight is 384 g/mol. The summed E-state index contributed by atoms with van der Waals surface area (Å²) in [6, 6.07) is 2.46. The molecule has 2 N–H and O–H groups in total. The van der Waals surface area contributed by atoms with Crippen LogP contribution in [0.3, 0.4) is 0 Å². The van der Waals surface area contributed by atoms with Gasteiger partial charge in [0.15, 0.2) is 6.29 Å². The molecule has 1 aromatic carbocycles. The van der Waals surface area contributed by atoms with Crippen LogP contribution in [0.15, 0.2) is 30.9 Å². The van der Waals surface area contributed by atoms with Crippen LogP contribution >= 0.6 is 0 Å². The molecule has 9 heteroatoms. The van der Waals surface area contributed by atoms with Crippen molar-refractivity contribution >= 4 is 0 Å². The zero-order valence-corrected chi connectivity index (χ0v) is 15.7. The Morgan fingerprint density at radius 1 is 1.26 bits per heavy atom. The van der Waals surface area contributed by atoms with Gasteiger partial charge in [0.25, 0.3) is 0 Å². The van der Waals surface area contributed by atoms with Crippen LogP contribution in [0.1, 0.15) is 26.3 Å². The normalized spacial score (nSPS) is 15.1. The van der Waals surface area contributed by atoms with Crippen LogP contribution in [0.4, 0.5) is 8.78 Å². The fourth-order valence-corrected chi connectivity index (χ4v) is 2.84. The Morgan fingerprint density at radius 3 is 2.52 bits per heavy atom. The predicted molar refractivity (Wildman–Crippen MR) is 94.8 cm³/mol. The van der Waals surface area contributed by atoms with Gasteiger partial charge in [-0.25, -0.2) is 18.4 Å². The number of rotatable bonds is 11. The highest BCUT2D eigenvalue weighted by Gasteiger charge is 2.39. The molecule has 27 heavy (non-hydrogen) atoms. The minimum atomic E-state index is -1.71. The Kier molecular flexibility index (Phi) is 7.78. The first kappa shape index (κ1) is 21.4. The molecular weight excluding hydrogens is 358 g/mol. The Morgan fingerprint density at radius 2 is 1.96 bits per heavy atom. The van der Waals surface area contributed by atoms with Gasteiger partial charge in [-0.15, -0.1) is 0 Å². The van der Waals surface area contributed by atoms with E-state index in [2.05, 4.69) is 15.4 Å². The maximum Gasteiger partial charge on any atom is 0.169 e. The number of hydrogen-bond donors (Lipinski definition) is 2. The summed E-state index contributed by atoms with van der Waals surface area (Å²) in [6.45, 7) is 6.56. The third-order valence-electron chi connectivity index (χ3n) is 4.28. The maximum absolute atomic E-state index is 14.5. The molecule has 0 aliphatic heterocycles. The predicted octanol–water partition coefficient (Wildman–Crippen LogP) is 1.82. The third kappa shape index (κ3) is 5.52. The molecule has 1 aromatic heterocycles. The minimum Gasteiger partial charge on any atom is -0.381 e. The molecule has 0 fully saturated rings. The van der Waals surface area contributed by atoms with Crippen LogP contribution in [0.25, 0.3) is 0 Å². The summed E-state index contributed by atoms with van der Waals surface area (Å²) >= 11 is 0. The third-order valence-corrected chi connectivity index (χ3v) is 4.28. The second-order valence-electron chi connectivity index (χ2n) is 6.11. The van der Waals surface area contributed by atoms with Crippen molar-refractivity contribution in [1.82, 2.24) is 20.1 Å². The van der Waals surface area contributed by atoms with Crippen molar-refractivity contribution in [2.75, 3.05) is 19.8 Å². The van der Waals surface area contributed by atoms with Crippen molar-refractivity contribution in [3.05, 3.63) is 48.1 Å². The molecule has 2 rings (SSSR count). The summed E-state index contributed by atoms with van der Waals surface area (Å²) in [7, 11) is 0. The van der Waals surface area contributed by atoms with Gasteiger partial charge >= 0.3 is 0 Å². The smallest absolute Gasteiger partial charge is 0.169 e. The van der Waals surface area contributed by atoms with Crippen LogP contribution in [0.5, 0.6) is 0 Å². The average Bonchev–Trinajstić information content (AvgIpc) is 3.12. The van der Waals surface area contributed by atoms with E-state index in [4.69, 9.17) is 9.47 Å². The van der Waals surface area contributed by atoms with Crippen LogP contribution in [0.2, 0.25) is 0 Å². The molecule has 0 bridgehead atoms. The SMILES string of the molecule is CCOC(CN[C@@H](C)[C@@](O)(Cn1cncn1)c1ccc(F)cc1F)OCC. The van der Waals surface area contributed by atoms with Crippen LogP contribution in [0, 0.1) is 11.6 Å². The molecule has 0 unspecified atom stereocenters. The number of nitrogens with zero attached hydrogens (tertiary/aromatic N) is 3. The van der Waals surface area contributed by atoms with Crippen molar-refractivity contribution in [2.24, 2.45) is 0 Å². The number of benzene rings is 1. The quantitative estimate of drug-likeness (QED) is 0.575. The Bertz CT molecular complexity index is 696. The first-order chi connectivity index (χ1) is 12.9. The Labute approximate surface area is 157 Å². The Balaban J connectivity index is 2.25. The lowest BCUT2D eigenvalue weighted by atomic mass is 9.86. The molecule has 0 amide bonds. The standard InChI is InChI=1S/C18H26F2N4O3/c1-4-26-17(27-5-2)9-22-13(3)18(25,10-24-12-21-11-23-24)15-7-6-14(19)8-16(15)20/h6-8,11-13,17,22,25H,4-5,9-10H2,1-3H3/t13-,18-/m0/s1. The number of aliphatic hydroxyl groups is 1. The van der Waals surface area contributed by atoms with E-state index in [1.165, 1.54) is 23.4 Å². The molecule has 0 radical (unpaired) electrons. The van der Waals surface area contributed by atoms with E-state index in [9.17, 15) is 13.9 Å². The molecule has 0 aliphatic carbocycles. The van der Waals surface area contributed by atoms with E-state index in [1.807, 2.05) is 13.8 Å². The van der Waals surface area contributed by atoms with Gasteiger partial charge in [0, 0.05) is 37.4 Å². The van der Waals surface area contributed by atoms with E-state index in [0.29, 0.717) is 13.2 Å². The lowest BCUT2D eigenvalue weighted by Gasteiger charge is -2.36. The topological polar surface area (TPSA) is 81.4 Å². The highest BCUT2D eigenvalue weighted by atomic mass is 19.1. The summed E-state index contributed by atoms with van der Waals surface area (Å²) in [5.74, 6) is -1.55. The van der Waals surface area contributed by atoms with E-state index in [-0.39, 0.29) is 18.7 Å². The van der Waals surface area contributed by atoms with Gasteiger partial charge in [-0.1, -0.05) is 6.07 Å². The van der Waals surface area contributed by atoms with Crippen molar-refractivity contribution in [2.45, 2.75) is 45.2 Å². The number of aromatic nitrogens is 3. The van der Waals surface area contributed by atoms with Crippen molar-refractivity contribution < 1.29 is 23.4 Å². The zero-order valence-electron chi connectivity index (χ0n) is 15.7. The highest BCUT2D eigenvalue weighted by Crippen LogP contribution is 2.30. The summed E-state index contributed by atoms with van der Waals surface area (Å²) < 4.78 is 40.1. The summed E-state index contributed by atoms with van der Waals surface area (Å²) in [4.78, 5) is 3.85. The van der Waals surface area contributed by atoms with Gasteiger partial charge in [-0.2, -0.15) is 5.10 Å². The highest BCUT2D eigenvalue weighted by molar-refractivity contribution is 5.27. The van der Waals surface area contributed by atoms with Crippen LogP contribution < -0.4 is 5.32 Å². The van der Waals surface area contributed by atoms with Crippen LogP contribution in [-0.2, 0) is 21.6 Å². The molecular formula is C18H26F2N4O3. The van der Waals surface area contributed by atoms with Crippen molar-refractivity contribution in [3.8, 4) is 0 Å². The summed E-state index contributed by atoms with van der Waals surface area (Å²) in [6.07, 6.45) is 2.23. The molecule has 7 nitrogen and oxygen atoms in total. The fourth-order valence-electron chi connectivity index (χ4n) is 2.84. The van der Waals surface area contributed by atoms with E-state index < -0.39 is 29.6 Å². The van der Waals surface area contributed by atoms with Crippen molar-refractivity contribution in [1.29, 1.82) is 0 Å². The largest absolute Gasteiger partial charge is 0.381 e. The molecule has 1 heterocycles. The molecule has 2 aromatic rings. The lowest BCUT2D eigenvalue weighted by Crippen LogP contribution is -2.52. The minimum absolute atomic E-state index is 0.0382. The van der Waals surface area contributed by atoms with Gasteiger partial charge in [0.2, 0.25) is 0 Å². The van der Waals surface area contributed by atoms with Gasteiger partial charge < -0.3 is 19.9 Å². The monoisotopic (exact) mass is 384 g/mol. The lowest BCUT2D eigenvalue weighted by molar-refractivity contribution is -0.137. The van der Waals surface area contributed by atoms with Gasteiger partial charge in [0.1, 0.15) is 29.9 Å². The first-order valence-corrected chi connectivity index (χ1v) is 8.87. The van der Waals surface area contributed by atoms with E-state index in [0.717, 1.165) is 12.1 Å². The molecule has 0 spiro atoms. The second-order valence-corrected chi connectivity index (χ2v) is 6.11. The number of ether oxygens (including phenoxy) is 2. The molecule has 0 saturated carbocycles. The van der Waals surface area contributed by atoms with E-state index in [1.54, 1.807) is 6.92 Å². The zero-order chi connectivity index (χ0) is 19.9. The number of hydrogen-bond acceptors (Lipinski definition) is 6. The first-order valence-electron chi connectivity index (χ1n) is 8.87. The molecule has 150 valence electrons. The number of halogens is 2. The van der Waals surface area contributed by atoms with E-state index >= 15 is 0 Å². The van der Waals surface area contributed by atoms with Gasteiger partial charge in [-0.05, 0) is 26.8 Å². The fraction of sp³-hybridized carbons (Fsp3) is 0.556. The van der Waals surface area contributed by atoms with Crippen molar-refractivity contribution in [3.63, 3.8) is 0 Å². The molecule has 0 saturated heterocycles. The molecule has 0 aliphatic rings. The summed E-state index contributed by atoms with van der Waals surface area (Å²) in [5, 5.41) is 18.5. The van der Waals surface area contributed by atoms with Crippen LogP contribution in [-0.4, -0.2) is 52.0 Å². The maximum atomic E-state index is 14.5. The molecule has 2 atom stereocenters. The second kappa shape index (κ2) is 9.84. The van der Waals surface area contributed by atoms with Gasteiger partial charge in [-0.3, -0.25) is 0 Å².